The summed E-state index contributed by atoms with van der Waals surface area (Å²) in [5.74, 6) is 1.76. The highest BCUT2D eigenvalue weighted by atomic mass is 32.2. The number of amides is 2. The van der Waals surface area contributed by atoms with Gasteiger partial charge >= 0.3 is 0 Å². The lowest BCUT2D eigenvalue weighted by Gasteiger charge is -2.26. The predicted molar refractivity (Wildman–Crippen MR) is 131 cm³/mol. The van der Waals surface area contributed by atoms with Crippen LogP contribution >= 0.6 is 11.8 Å². The number of nitrogens with one attached hydrogen (secondary N) is 2. The first-order valence-electron chi connectivity index (χ1n) is 11.5. The summed E-state index contributed by atoms with van der Waals surface area (Å²) in [7, 11) is 0. The van der Waals surface area contributed by atoms with Gasteiger partial charge in [0.1, 0.15) is 10.8 Å². The molecule has 2 amide bonds. The highest BCUT2D eigenvalue weighted by Crippen LogP contribution is 2.34. The zero-order valence-electron chi connectivity index (χ0n) is 19.1. The number of ether oxygens (including phenoxy) is 2. The number of hydrogen-bond acceptors (Lipinski definition) is 8. The smallest absolute Gasteiger partial charge is 0.254 e. The third-order valence-corrected chi connectivity index (χ3v) is 6.93. The van der Waals surface area contributed by atoms with Gasteiger partial charge in [-0.2, -0.15) is 0 Å². The SMILES string of the molecule is O=C(CSc1ncccc1C(=O)NCC(c1ccco1)N1CCCC1)Nc1ccc2c(c1)OCO2. The van der Waals surface area contributed by atoms with Crippen LogP contribution in [0.2, 0.25) is 0 Å². The number of anilines is 1. The molecule has 1 fully saturated rings. The summed E-state index contributed by atoms with van der Waals surface area (Å²) in [6.45, 7) is 2.56. The number of rotatable bonds is 9. The normalized spacial score (nSPS) is 15.7. The molecule has 2 aliphatic heterocycles. The minimum absolute atomic E-state index is 0.0169. The van der Waals surface area contributed by atoms with Gasteiger partial charge in [0.25, 0.3) is 5.91 Å². The number of carbonyl (C=O) groups is 2. The van der Waals surface area contributed by atoms with Crippen molar-refractivity contribution in [1.29, 1.82) is 0 Å². The maximum atomic E-state index is 13.1. The van der Waals surface area contributed by atoms with E-state index < -0.39 is 0 Å². The number of nitrogens with zero attached hydrogens (tertiary/aromatic N) is 2. The van der Waals surface area contributed by atoms with Gasteiger partial charge in [-0.3, -0.25) is 14.5 Å². The van der Waals surface area contributed by atoms with Crippen molar-refractivity contribution in [2.75, 3.05) is 37.5 Å². The third kappa shape index (κ3) is 5.60. The van der Waals surface area contributed by atoms with Gasteiger partial charge in [0.05, 0.1) is 23.6 Å². The summed E-state index contributed by atoms with van der Waals surface area (Å²) in [4.78, 5) is 32.2. The summed E-state index contributed by atoms with van der Waals surface area (Å²) in [5, 5.41) is 6.38. The van der Waals surface area contributed by atoms with E-state index in [0.29, 0.717) is 34.3 Å². The Morgan fingerprint density at radius 1 is 1.09 bits per heavy atom. The van der Waals surface area contributed by atoms with Crippen LogP contribution in [0, 0.1) is 0 Å². The molecule has 5 rings (SSSR count). The van der Waals surface area contributed by atoms with Crippen molar-refractivity contribution in [1.82, 2.24) is 15.2 Å². The molecule has 1 unspecified atom stereocenters. The molecule has 1 atom stereocenters. The molecule has 1 aromatic carbocycles. The van der Waals surface area contributed by atoms with Gasteiger partial charge < -0.3 is 24.5 Å². The van der Waals surface area contributed by atoms with Crippen LogP contribution in [0.5, 0.6) is 11.5 Å². The van der Waals surface area contributed by atoms with Crippen LogP contribution in [-0.4, -0.2) is 53.9 Å². The highest BCUT2D eigenvalue weighted by Gasteiger charge is 2.26. The average Bonchev–Trinajstić information content (AvgIpc) is 3.66. The topological polar surface area (TPSA) is 106 Å². The van der Waals surface area contributed by atoms with E-state index in [-0.39, 0.29) is 30.4 Å². The van der Waals surface area contributed by atoms with Crippen molar-refractivity contribution in [2.45, 2.75) is 23.9 Å². The minimum atomic E-state index is -0.229. The lowest BCUT2D eigenvalue weighted by molar-refractivity contribution is -0.113. The molecule has 182 valence electrons. The molecular formula is C25H26N4O5S. The van der Waals surface area contributed by atoms with Gasteiger partial charge in [0.15, 0.2) is 11.5 Å². The average molecular weight is 495 g/mol. The van der Waals surface area contributed by atoms with Gasteiger partial charge in [-0.1, -0.05) is 11.8 Å². The number of carbonyl (C=O) groups excluding carboxylic acids is 2. The standard InChI is InChI=1S/C25H26N4O5S/c30-23(28-17-7-8-21-22(13-17)34-16-33-21)15-35-25-18(5-3-9-26-25)24(31)27-14-19(20-6-4-12-32-20)29-10-1-2-11-29/h3-9,12-13,19H,1-2,10-11,14-16H2,(H,27,31)(H,28,30). The predicted octanol–water partition coefficient (Wildman–Crippen LogP) is 3.70. The number of likely N-dealkylation sites (tertiary alicyclic amines) is 1. The summed E-state index contributed by atoms with van der Waals surface area (Å²) in [6.07, 6.45) is 5.56. The van der Waals surface area contributed by atoms with Crippen molar-refractivity contribution < 1.29 is 23.5 Å². The second kappa shape index (κ2) is 10.8. The number of aromatic nitrogens is 1. The Balaban J connectivity index is 1.19. The number of fused-ring (bicyclic) bond motifs is 1. The van der Waals surface area contributed by atoms with Crippen LogP contribution in [-0.2, 0) is 4.79 Å². The fourth-order valence-electron chi connectivity index (χ4n) is 4.21. The number of benzene rings is 1. The van der Waals surface area contributed by atoms with Gasteiger partial charge in [0.2, 0.25) is 12.7 Å². The van der Waals surface area contributed by atoms with Gasteiger partial charge in [-0.05, 0) is 62.3 Å². The van der Waals surface area contributed by atoms with Crippen LogP contribution in [0.1, 0.15) is 35.0 Å². The first-order chi connectivity index (χ1) is 17.2. The Labute approximate surface area is 207 Å². The van der Waals surface area contributed by atoms with E-state index in [1.54, 1.807) is 42.8 Å². The van der Waals surface area contributed by atoms with Gasteiger partial charge in [-0.15, -0.1) is 0 Å². The summed E-state index contributed by atoms with van der Waals surface area (Å²) < 4.78 is 16.3. The third-order valence-electron chi connectivity index (χ3n) is 5.92. The van der Waals surface area contributed by atoms with Crippen LogP contribution < -0.4 is 20.1 Å². The van der Waals surface area contributed by atoms with Crippen LogP contribution in [0.3, 0.4) is 0 Å². The number of furan rings is 1. The molecule has 0 bridgehead atoms. The second-order valence-corrected chi connectivity index (χ2v) is 9.21. The summed E-state index contributed by atoms with van der Waals surface area (Å²) in [5.41, 5.74) is 1.05. The first kappa shape index (κ1) is 23.3. The zero-order chi connectivity index (χ0) is 24.0. The first-order valence-corrected chi connectivity index (χ1v) is 12.5. The van der Waals surface area contributed by atoms with E-state index in [0.717, 1.165) is 31.7 Å². The van der Waals surface area contributed by atoms with Gasteiger partial charge in [-0.25, -0.2) is 4.98 Å². The molecular weight excluding hydrogens is 468 g/mol. The molecule has 2 aliphatic rings. The van der Waals surface area contributed by atoms with Crippen molar-refractivity contribution in [3.8, 4) is 11.5 Å². The van der Waals surface area contributed by atoms with Crippen molar-refractivity contribution >= 4 is 29.3 Å². The molecule has 9 nitrogen and oxygen atoms in total. The fourth-order valence-corrected chi connectivity index (χ4v) is 5.00. The molecule has 1 saturated heterocycles. The Morgan fingerprint density at radius 3 is 2.77 bits per heavy atom. The minimum Gasteiger partial charge on any atom is -0.468 e. The number of thioether (sulfide) groups is 1. The number of pyridine rings is 1. The molecule has 4 heterocycles. The van der Waals surface area contributed by atoms with Crippen LogP contribution in [0.15, 0.2) is 64.4 Å². The van der Waals surface area contributed by atoms with Crippen molar-refractivity contribution in [3.63, 3.8) is 0 Å². The zero-order valence-corrected chi connectivity index (χ0v) is 19.9. The number of hydrogen-bond donors (Lipinski definition) is 2. The maximum Gasteiger partial charge on any atom is 0.254 e. The van der Waals surface area contributed by atoms with E-state index in [4.69, 9.17) is 13.9 Å². The van der Waals surface area contributed by atoms with Crippen molar-refractivity contribution in [3.05, 3.63) is 66.2 Å². The molecule has 35 heavy (non-hydrogen) atoms. The quantitative estimate of drug-likeness (QED) is 0.434. The molecule has 10 heteroatoms. The van der Waals surface area contributed by atoms with Crippen molar-refractivity contribution in [2.24, 2.45) is 0 Å². The van der Waals surface area contributed by atoms with E-state index in [1.807, 2.05) is 12.1 Å². The Kier molecular flexibility index (Phi) is 7.20. The highest BCUT2D eigenvalue weighted by molar-refractivity contribution is 8.00. The molecule has 0 aliphatic carbocycles. The maximum absolute atomic E-state index is 13.1. The van der Waals surface area contributed by atoms with E-state index >= 15 is 0 Å². The monoisotopic (exact) mass is 494 g/mol. The Hall–Kier alpha value is -3.50. The second-order valence-electron chi connectivity index (χ2n) is 8.25. The lowest BCUT2D eigenvalue weighted by atomic mass is 10.2. The largest absolute Gasteiger partial charge is 0.468 e. The van der Waals surface area contributed by atoms with E-state index in [1.165, 1.54) is 11.8 Å². The van der Waals surface area contributed by atoms with Crippen LogP contribution in [0.4, 0.5) is 5.69 Å². The van der Waals surface area contributed by atoms with Crippen LogP contribution in [0.25, 0.3) is 0 Å². The fraction of sp³-hybridized carbons (Fsp3) is 0.320. The summed E-state index contributed by atoms with van der Waals surface area (Å²) in [6, 6.07) is 12.5. The van der Waals surface area contributed by atoms with E-state index in [2.05, 4.69) is 20.5 Å². The molecule has 0 radical (unpaired) electrons. The molecule has 0 spiro atoms. The summed E-state index contributed by atoms with van der Waals surface area (Å²) >= 11 is 1.22. The molecule has 0 saturated carbocycles. The van der Waals surface area contributed by atoms with Gasteiger partial charge in [0, 0.05) is 24.5 Å². The Morgan fingerprint density at radius 2 is 1.94 bits per heavy atom. The molecule has 2 aromatic heterocycles. The molecule has 2 N–H and O–H groups in total. The lowest BCUT2D eigenvalue weighted by Crippen LogP contribution is -2.36. The molecule has 3 aromatic rings. The van der Waals surface area contributed by atoms with E-state index in [9.17, 15) is 9.59 Å². The Bertz CT molecular complexity index is 1180.